The molecule has 1 aromatic heterocycles. The standard InChI is InChI=1S/C11H10N2O3/c1-15-9-4-7(11(12)14)2-3-8(9)10-5-13-6-16-10/h2-6H,1H3,(H2,12,14). The number of carbonyl (C=O) groups excluding carboxylic acids is 1. The minimum absolute atomic E-state index is 0.389. The van der Waals surface area contributed by atoms with Crippen LogP contribution in [0.2, 0.25) is 0 Å². The Labute approximate surface area is 91.8 Å². The second-order valence-corrected chi connectivity index (χ2v) is 3.14. The number of oxazole rings is 1. The maximum atomic E-state index is 11.0. The molecular weight excluding hydrogens is 208 g/mol. The number of ether oxygens (including phenoxy) is 1. The Morgan fingerprint density at radius 3 is 2.88 bits per heavy atom. The van der Waals surface area contributed by atoms with E-state index in [1.165, 1.54) is 13.5 Å². The second-order valence-electron chi connectivity index (χ2n) is 3.14. The van der Waals surface area contributed by atoms with E-state index in [1.54, 1.807) is 24.4 Å². The number of hydrogen-bond acceptors (Lipinski definition) is 4. The van der Waals surface area contributed by atoms with Crippen LogP contribution in [0, 0.1) is 0 Å². The molecule has 1 aromatic carbocycles. The molecule has 0 spiro atoms. The molecule has 2 aromatic rings. The third-order valence-electron chi connectivity index (χ3n) is 2.18. The Balaban J connectivity index is 2.51. The van der Waals surface area contributed by atoms with Gasteiger partial charge in [0.15, 0.2) is 12.2 Å². The lowest BCUT2D eigenvalue weighted by Crippen LogP contribution is -2.10. The zero-order valence-electron chi connectivity index (χ0n) is 8.64. The van der Waals surface area contributed by atoms with Gasteiger partial charge in [0.2, 0.25) is 5.91 Å². The normalized spacial score (nSPS) is 10.1. The van der Waals surface area contributed by atoms with Gasteiger partial charge < -0.3 is 14.9 Å². The first-order valence-corrected chi connectivity index (χ1v) is 4.59. The summed E-state index contributed by atoms with van der Waals surface area (Å²) in [4.78, 5) is 14.8. The van der Waals surface area contributed by atoms with Crippen LogP contribution in [0.25, 0.3) is 11.3 Å². The number of rotatable bonds is 3. The number of amides is 1. The molecule has 16 heavy (non-hydrogen) atoms. The Morgan fingerprint density at radius 1 is 1.50 bits per heavy atom. The molecule has 5 nitrogen and oxygen atoms in total. The summed E-state index contributed by atoms with van der Waals surface area (Å²) in [7, 11) is 1.51. The molecule has 0 aliphatic carbocycles. The molecule has 0 radical (unpaired) electrons. The molecule has 0 atom stereocenters. The topological polar surface area (TPSA) is 78.4 Å². The summed E-state index contributed by atoms with van der Waals surface area (Å²) >= 11 is 0. The minimum atomic E-state index is -0.498. The SMILES string of the molecule is COc1cc(C(N)=O)ccc1-c1cnco1. The zero-order valence-corrected chi connectivity index (χ0v) is 8.64. The molecule has 0 saturated heterocycles. The van der Waals surface area contributed by atoms with Gasteiger partial charge in [0.1, 0.15) is 5.75 Å². The van der Waals surface area contributed by atoms with Crippen LogP contribution >= 0.6 is 0 Å². The van der Waals surface area contributed by atoms with E-state index in [0.29, 0.717) is 17.1 Å². The Morgan fingerprint density at radius 2 is 2.31 bits per heavy atom. The number of benzene rings is 1. The van der Waals surface area contributed by atoms with E-state index in [-0.39, 0.29) is 0 Å². The van der Waals surface area contributed by atoms with Crippen molar-refractivity contribution in [3.63, 3.8) is 0 Å². The maximum Gasteiger partial charge on any atom is 0.248 e. The molecule has 0 fully saturated rings. The molecule has 0 aliphatic rings. The van der Waals surface area contributed by atoms with Crippen LogP contribution in [-0.2, 0) is 0 Å². The van der Waals surface area contributed by atoms with Gasteiger partial charge in [-0.1, -0.05) is 0 Å². The molecule has 0 unspecified atom stereocenters. The Hall–Kier alpha value is -2.30. The zero-order chi connectivity index (χ0) is 11.5. The first-order valence-electron chi connectivity index (χ1n) is 4.59. The molecule has 5 heteroatoms. The van der Waals surface area contributed by atoms with Gasteiger partial charge in [-0.05, 0) is 18.2 Å². The van der Waals surface area contributed by atoms with Crippen molar-refractivity contribution in [2.45, 2.75) is 0 Å². The average molecular weight is 218 g/mol. The fourth-order valence-corrected chi connectivity index (χ4v) is 1.40. The van der Waals surface area contributed by atoms with E-state index in [9.17, 15) is 4.79 Å². The van der Waals surface area contributed by atoms with Crippen LogP contribution in [0.15, 0.2) is 35.2 Å². The number of primary amides is 1. The van der Waals surface area contributed by atoms with Crippen molar-refractivity contribution in [2.75, 3.05) is 7.11 Å². The van der Waals surface area contributed by atoms with Crippen molar-refractivity contribution in [1.82, 2.24) is 4.98 Å². The first-order chi connectivity index (χ1) is 7.72. The highest BCUT2D eigenvalue weighted by Crippen LogP contribution is 2.30. The first kappa shape index (κ1) is 10.2. The Bertz CT molecular complexity index is 506. The maximum absolute atomic E-state index is 11.0. The highest BCUT2D eigenvalue weighted by Gasteiger charge is 2.11. The van der Waals surface area contributed by atoms with Crippen LogP contribution < -0.4 is 10.5 Å². The molecule has 2 N–H and O–H groups in total. The quantitative estimate of drug-likeness (QED) is 0.845. The third-order valence-corrected chi connectivity index (χ3v) is 2.18. The van der Waals surface area contributed by atoms with E-state index < -0.39 is 5.91 Å². The van der Waals surface area contributed by atoms with Crippen molar-refractivity contribution in [3.8, 4) is 17.1 Å². The van der Waals surface area contributed by atoms with Gasteiger partial charge in [-0.15, -0.1) is 0 Å². The summed E-state index contributed by atoms with van der Waals surface area (Å²) in [6.07, 6.45) is 2.90. The van der Waals surface area contributed by atoms with Crippen LogP contribution in [0.5, 0.6) is 5.75 Å². The highest BCUT2D eigenvalue weighted by molar-refractivity contribution is 5.94. The van der Waals surface area contributed by atoms with Crippen molar-refractivity contribution < 1.29 is 13.9 Å². The van der Waals surface area contributed by atoms with Gasteiger partial charge >= 0.3 is 0 Å². The lowest BCUT2D eigenvalue weighted by atomic mass is 10.1. The van der Waals surface area contributed by atoms with Crippen LogP contribution in [0.1, 0.15) is 10.4 Å². The van der Waals surface area contributed by atoms with Crippen LogP contribution in [0.3, 0.4) is 0 Å². The summed E-state index contributed by atoms with van der Waals surface area (Å²) in [5.41, 5.74) is 6.29. The number of hydrogen-bond donors (Lipinski definition) is 1. The molecule has 1 amide bonds. The molecule has 2 rings (SSSR count). The lowest BCUT2D eigenvalue weighted by Gasteiger charge is -2.06. The number of methoxy groups -OCH3 is 1. The second kappa shape index (κ2) is 4.06. The summed E-state index contributed by atoms with van der Waals surface area (Å²) in [6, 6.07) is 4.89. The predicted octanol–water partition coefficient (Wildman–Crippen LogP) is 1.45. The molecular formula is C11H10N2O3. The third kappa shape index (κ3) is 1.75. The van der Waals surface area contributed by atoms with Gasteiger partial charge in [-0.3, -0.25) is 4.79 Å². The van der Waals surface area contributed by atoms with Gasteiger partial charge in [0.25, 0.3) is 0 Å². The summed E-state index contributed by atoms with van der Waals surface area (Å²) in [5.74, 6) is 0.600. The van der Waals surface area contributed by atoms with Gasteiger partial charge in [0, 0.05) is 5.56 Å². The summed E-state index contributed by atoms with van der Waals surface area (Å²) < 4.78 is 10.3. The number of nitrogens with two attached hydrogens (primary N) is 1. The van der Waals surface area contributed by atoms with Gasteiger partial charge in [-0.25, -0.2) is 4.98 Å². The van der Waals surface area contributed by atoms with Gasteiger partial charge in [0.05, 0.1) is 18.9 Å². The molecule has 1 heterocycles. The van der Waals surface area contributed by atoms with Crippen molar-refractivity contribution in [2.24, 2.45) is 5.73 Å². The van der Waals surface area contributed by atoms with E-state index in [1.807, 2.05) is 0 Å². The van der Waals surface area contributed by atoms with Crippen molar-refractivity contribution in [3.05, 3.63) is 36.4 Å². The fraction of sp³-hybridized carbons (Fsp3) is 0.0909. The summed E-state index contributed by atoms with van der Waals surface area (Å²) in [5, 5.41) is 0. The van der Waals surface area contributed by atoms with E-state index in [0.717, 1.165) is 5.56 Å². The average Bonchev–Trinajstić information content (AvgIpc) is 2.81. The van der Waals surface area contributed by atoms with E-state index in [2.05, 4.69) is 4.98 Å². The monoisotopic (exact) mass is 218 g/mol. The molecule has 0 saturated carbocycles. The largest absolute Gasteiger partial charge is 0.496 e. The van der Waals surface area contributed by atoms with E-state index >= 15 is 0 Å². The Kier molecular flexibility index (Phi) is 2.59. The van der Waals surface area contributed by atoms with Crippen LogP contribution in [-0.4, -0.2) is 18.0 Å². The number of aromatic nitrogens is 1. The number of nitrogens with zero attached hydrogens (tertiary/aromatic N) is 1. The lowest BCUT2D eigenvalue weighted by molar-refractivity contribution is 0.1000. The predicted molar refractivity (Wildman–Crippen MR) is 57.0 cm³/mol. The van der Waals surface area contributed by atoms with Crippen molar-refractivity contribution in [1.29, 1.82) is 0 Å². The van der Waals surface area contributed by atoms with Crippen LogP contribution in [0.4, 0.5) is 0 Å². The smallest absolute Gasteiger partial charge is 0.248 e. The summed E-state index contributed by atoms with van der Waals surface area (Å²) in [6.45, 7) is 0. The minimum Gasteiger partial charge on any atom is -0.496 e. The molecule has 0 aliphatic heterocycles. The van der Waals surface area contributed by atoms with Crippen molar-refractivity contribution >= 4 is 5.91 Å². The van der Waals surface area contributed by atoms with E-state index in [4.69, 9.17) is 14.9 Å². The highest BCUT2D eigenvalue weighted by atomic mass is 16.5. The molecule has 0 bridgehead atoms. The fourth-order valence-electron chi connectivity index (χ4n) is 1.40. The van der Waals surface area contributed by atoms with Gasteiger partial charge in [-0.2, -0.15) is 0 Å². The molecule has 82 valence electrons. The number of carbonyl (C=O) groups is 1.